The van der Waals surface area contributed by atoms with Gasteiger partial charge in [0.2, 0.25) is 5.95 Å². The van der Waals surface area contributed by atoms with E-state index < -0.39 is 16.3 Å². The van der Waals surface area contributed by atoms with E-state index in [-0.39, 0.29) is 0 Å². The Hall–Kier alpha value is -2.38. The molecule has 27 heavy (non-hydrogen) atoms. The fraction of sp³-hybridized carbons (Fsp3) is 0.211. The number of nitrogens with zero attached hydrogens (tertiary/aromatic N) is 2. The molecule has 6 nitrogen and oxygen atoms in total. The number of alkyl halides is 1. The second-order valence-electron chi connectivity index (χ2n) is 5.95. The molecule has 0 bridgehead atoms. The molecule has 0 amide bonds. The van der Waals surface area contributed by atoms with E-state index in [9.17, 15) is 4.79 Å². The highest BCUT2D eigenvalue weighted by atomic mass is 79.9. The third-order valence-corrected chi connectivity index (χ3v) is 5.85. The van der Waals surface area contributed by atoms with Crippen LogP contribution in [0.3, 0.4) is 0 Å². The van der Waals surface area contributed by atoms with Gasteiger partial charge in [0, 0.05) is 17.4 Å². The van der Waals surface area contributed by atoms with Gasteiger partial charge >= 0.3 is 5.97 Å². The van der Waals surface area contributed by atoms with E-state index in [0.717, 1.165) is 11.3 Å². The fourth-order valence-corrected chi connectivity index (χ4v) is 3.50. The number of aryl methyl sites for hydroxylation is 1. The zero-order valence-electron chi connectivity index (χ0n) is 14.7. The molecule has 0 aliphatic heterocycles. The Morgan fingerprint density at radius 1 is 1.33 bits per heavy atom. The second-order valence-corrected chi connectivity index (χ2v) is 7.61. The summed E-state index contributed by atoms with van der Waals surface area (Å²) in [7, 11) is 1.33. The SMILES string of the molecule is COC(=O)C1C=CC=C(Cl)C1(Br)Nc1ncc(C)c(Nc2ccccc2)n1. The molecule has 1 aliphatic carbocycles. The van der Waals surface area contributed by atoms with Gasteiger partial charge in [-0.1, -0.05) is 57.9 Å². The van der Waals surface area contributed by atoms with Gasteiger partial charge in [-0.2, -0.15) is 4.98 Å². The summed E-state index contributed by atoms with van der Waals surface area (Å²) in [5.41, 5.74) is 1.78. The van der Waals surface area contributed by atoms with Crippen molar-refractivity contribution in [3.63, 3.8) is 0 Å². The molecule has 2 unspecified atom stereocenters. The van der Waals surface area contributed by atoms with Crippen molar-refractivity contribution < 1.29 is 9.53 Å². The monoisotopic (exact) mass is 448 g/mol. The molecule has 0 saturated carbocycles. The third-order valence-electron chi connectivity index (χ3n) is 4.08. The van der Waals surface area contributed by atoms with E-state index in [4.69, 9.17) is 16.3 Å². The Bertz CT molecular complexity index is 904. The first-order chi connectivity index (χ1) is 12.9. The van der Waals surface area contributed by atoms with Gasteiger partial charge in [-0.25, -0.2) is 4.98 Å². The van der Waals surface area contributed by atoms with Crippen LogP contribution in [-0.2, 0) is 9.53 Å². The zero-order chi connectivity index (χ0) is 19.4. The first-order valence-electron chi connectivity index (χ1n) is 8.19. The number of allylic oxidation sites excluding steroid dienone is 2. The smallest absolute Gasteiger partial charge is 0.316 e. The lowest BCUT2D eigenvalue weighted by Gasteiger charge is -2.34. The highest BCUT2D eigenvalue weighted by Crippen LogP contribution is 2.42. The molecule has 2 aromatic rings. The Balaban J connectivity index is 1.90. The molecule has 3 rings (SSSR count). The van der Waals surface area contributed by atoms with E-state index in [0.29, 0.717) is 16.8 Å². The van der Waals surface area contributed by atoms with E-state index in [1.165, 1.54) is 7.11 Å². The Morgan fingerprint density at radius 3 is 2.78 bits per heavy atom. The molecule has 0 fully saturated rings. The average molecular weight is 450 g/mol. The number of esters is 1. The summed E-state index contributed by atoms with van der Waals surface area (Å²) in [6.45, 7) is 1.91. The normalized spacial score (nSPS) is 21.3. The number of para-hydroxylation sites is 1. The van der Waals surface area contributed by atoms with Crippen molar-refractivity contribution in [1.29, 1.82) is 0 Å². The highest BCUT2D eigenvalue weighted by Gasteiger charge is 2.45. The number of nitrogens with one attached hydrogen (secondary N) is 2. The lowest BCUT2D eigenvalue weighted by Crippen LogP contribution is -2.45. The quantitative estimate of drug-likeness (QED) is 0.397. The van der Waals surface area contributed by atoms with Gasteiger partial charge < -0.3 is 15.4 Å². The van der Waals surface area contributed by atoms with Gasteiger partial charge in [0.25, 0.3) is 0 Å². The van der Waals surface area contributed by atoms with Gasteiger partial charge in [0.1, 0.15) is 16.2 Å². The number of hydrogen-bond acceptors (Lipinski definition) is 6. The van der Waals surface area contributed by atoms with Gasteiger partial charge in [-0.15, -0.1) is 0 Å². The standard InChI is InChI=1S/C19H18BrClN4O2/c1-12-11-22-18(24-16(12)23-13-7-4-3-5-8-13)25-19(20)14(17(26)27-2)9-6-10-15(19)21/h3-11,14H,1-2H3,(H2,22,23,24,25). The van der Waals surface area contributed by atoms with Gasteiger partial charge in [-0.3, -0.25) is 4.79 Å². The van der Waals surface area contributed by atoms with E-state index in [1.54, 1.807) is 24.4 Å². The number of halogens is 2. The van der Waals surface area contributed by atoms with Crippen LogP contribution >= 0.6 is 27.5 Å². The molecule has 8 heteroatoms. The summed E-state index contributed by atoms with van der Waals surface area (Å²) in [4.78, 5) is 21.1. The minimum Gasteiger partial charge on any atom is -0.468 e. The van der Waals surface area contributed by atoms with Crippen LogP contribution in [0.5, 0.6) is 0 Å². The summed E-state index contributed by atoms with van der Waals surface area (Å²) in [6.07, 6.45) is 6.81. The van der Waals surface area contributed by atoms with Crippen LogP contribution in [0.25, 0.3) is 0 Å². The van der Waals surface area contributed by atoms with Crippen molar-refractivity contribution >= 4 is 51.0 Å². The lowest BCUT2D eigenvalue weighted by molar-refractivity contribution is -0.144. The number of rotatable bonds is 5. The summed E-state index contributed by atoms with van der Waals surface area (Å²) in [5, 5.41) is 6.78. The van der Waals surface area contributed by atoms with Crippen LogP contribution in [-0.4, -0.2) is 27.5 Å². The van der Waals surface area contributed by atoms with Gasteiger partial charge in [0.05, 0.1) is 12.1 Å². The van der Waals surface area contributed by atoms with Crippen molar-refractivity contribution in [3.8, 4) is 0 Å². The minimum absolute atomic E-state index is 0.312. The van der Waals surface area contributed by atoms with Crippen LogP contribution < -0.4 is 10.6 Å². The molecule has 1 aliphatic rings. The number of anilines is 3. The molecular formula is C19H18BrClN4O2. The molecule has 1 aromatic heterocycles. The topological polar surface area (TPSA) is 76.1 Å². The number of aromatic nitrogens is 2. The van der Waals surface area contributed by atoms with Gasteiger partial charge in [-0.05, 0) is 25.1 Å². The molecule has 1 aromatic carbocycles. The summed E-state index contributed by atoms with van der Waals surface area (Å²) >= 11 is 9.94. The van der Waals surface area contributed by atoms with Crippen molar-refractivity contribution in [2.75, 3.05) is 17.7 Å². The van der Waals surface area contributed by atoms with Gasteiger partial charge in [0.15, 0.2) is 0 Å². The van der Waals surface area contributed by atoms with E-state index >= 15 is 0 Å². The molecule has 0 saturated heterocycles. The van der Waals surface area contributed by atoms with Crippen LogP contribution in [0.1, 0.15) is 5.56 Å². The summed E-state index contributed by atoms with van der Waals surface area (Å²) in [5.74, 6) is -0.158. The van der Waals surface area contributed by atoms with Crippen molar-refractivity contribution in [2.24, 2.45) is 5.92 Å². The minimum atomic E-state index is -1.10. The Labute approximate surface area is 170 Å². The lowest BCUT2D eigenvalue weighted by atomic mass is 9.94. The predicted octanol–water partition coefficient (Wildman–Crippen LogP) is 4.51. The number of ether oxygens (including phenoxy) is 1. The molecule has 140 valence electrons. The van der Waals surface area contributed by atoms with Crippen molar-refractivity contribution in [2.45, 2.75) is 11.4 Å². The van der Waals surface area contributed by atoms with Crippen molar-refractivity contribution in [3.05, 3.63) is 65.4 Å². The van der Waals surface area contributed by atoms with Crippen molar-refractivity contribution in [1.82, 2.24) is 9.97 Å². The molecule has 0 radical (unpaired) electrons. The number of carbonyl (C=O) groups excluding carboxylic acids is 1. The predicted molar refractivity (Wildman–Crippen MR) is 110 cm³/mol. The summed E-state index contributed by atoms with van der Waals surface area (Å²) < 4.78 is 3.79. The number of methoxy groups -OCH3 is 1. The average Bonchev–Trinajstić information content (AvgIpc) is 2.67. The van der Waals surface area contributed by atoms with E-state index in [2.05, 4.69) is 36.5 Å². The van der Waals surface area contributed by atoms with Crippen LogP contribution in [0.2, 0.25) is 0 Å². The maximum atomic E-state index is 12.2. The number of carbonyl (C=O) groups is 1. The maximum Gasteiger partial charge on any atom is 0.316 e. The Morgan fingerprint density at radius 2 is 2.07 bits per heavy atom. The van der Waals surface area contributed by atoms with Crippen LogP contribution in [0.15, 0.2) is 59.8 Å². The largest absolute Gasteiger partial charge is 0.468 e. The third kappa shape index (κ3) is 4.14. The first-order valence-corrected chi connectivity index (χ1v) is 9.36. The first kappa shape index (κ1) is 19.4. The van der Waals surface area contributed by atoms with Crippen LogP contribution in [0, 0.1) is 12.8 Å². The maximum absolute atomic E-state index is 12.2. The van der Waals surface area contributed by atoms with E-state index in [1.807, 2.05) is 37.3 Å². The molecule has 1 heterocycles. The highest BCUT2D eigenvalue weighted by molar-refractivity contribution is 9.10. The number of hydrogen-bond donors (Lipinski definition) is 2. The molecule has 0 spiro atoms. The fourth-order valence-electron chi connectivity index (χ4n) is 2.61. The summed E-state index contributed by atoms with van der Waals surface area (Å²) in [6, 6.07) is 9.70. The van der Waals surface area contributed by atoms with Crippen LogP contribution in [0.4, 0.5) is 17.5 Å². The molecule has 2 N–H and O–H groups in total. The zero-order valence-corrected chi connectivity index (χ0v) is 17.1. The Kier molecular flexibility index (Phi) is 5.82. The molecule has 2 atom stereocenters. The second kappa shape index (κ2) is 8.10. The molecular weight excluding hydrogens is 432 g/mol. The number of benzene rings is 1.